The van der Waals surface area contributed by atoms with Crippen molar-refractivity contribution in [3.63, 3.8) is 0 Å². The van der Waals surface area contributed by atoms with Crippen LogP contribution >= 0.6 is 0 Å². The van der Waals surface area contributed by atoms with Gasteiger partial charge >= 0.3 is 0 Å². The number of ether oxygens (including phenoxy) is 3. The zero-order chi connectivity index (χ0) is 18.1. The first kappa shape index (κ1) is 18.4. The third kappa shape index (κ3) is 5.28. The second kappa shape index (κ2) is 9.37. The SMILES string of the molecule is CCOc1ccccc1CNC(=O)/C=C/c1ccc(OC)c(OC)c1. The molecule has 0 radical (unpaired) electrons. The molecule has 0 heterocycles. The largest absolute Gasteiger partial charge is 0.494 e. The molecule has 0 saturated carbocycles. The summed E-state index contributed by atoms with van der Waals surface area (Å²) < 4.78 is 16.0. The molecule has 0 aliphatic rings. The summed E-state index contributed by atoms with van der Waals surface area (Å²) in [7, 11) is 3.16. The van der Waals surface area contributed by atoms with Crippen LogP contribution in [0, 0.1) is 0 Å². The highest BCUT2D eigenvalue weighted by molar-refractivity contribution is 5.91. The minimum absolute atomic E-state index is 0.180. The fourth-order valence-electron chi connectivity index (χ4n) is 2.32. The van der Waals surface area contributed by atoms with Crippen LogP contribution in [0.3, 0.4) is 0 Å². The predicted octanol–water partition coefficient (Wildman–Crippen LogP) is 3.43. The second-order valence-electron chi connectivity index (χ2n) is 5.21. The summed E-state index contributed by atoms with van der Waals surface area (Å²) in [6.07, 6.45) is 3.22. The van der Waals surface area contributed by atoms with E-state index in [1.165, 1.54) is 6.08 Å². The Morgan fingerprint density at radius 1 is 1.04 bits per heavy atom. The zero-order valence-electron chi connectivity index (χ0n) is 14.7. The van der Waals surface area contributed by atoms with E-state index >= 15 is 0 Å². The number of methoxy groups -OCH3 is 2. The Bertz CT molecular complexity index is 740. The number of carbonyl (C=O) groups excluding carboxylic acids is 1. The molecule has 2 rings (SSSR count). The van der Waals surface area contributed by atoms with Crippen LogP contribution in [-0.2, 0) is 11.3 Å². The number of amides is 1. The maximum atomic E-state index is 12.0. The van der Waals surface area contributed by atoms with E-state index in [9.17, 15) is 4.79 Å². The standard InChI is InChI=1S/C20H23NO4/c1-4-25-17-8-6-5-7-16(17)14-21-20(22)12-10-15-9-11-18(23-2)19(13-15)24-3/h5-13H,4,14H2,1-3H3,(H,21,22)/b12-10+. The van der Waals surface area contributed by atoms with Crippen LogP contribution < -0.4 is 19.5 Å². The second-order valence-corrected chi connectivity index (χ2v) is 5.21. The van der Waals surface area contributed by atoms with Crippen molar-refractivity contribution in [1.82, 2.24) is 5.32 Å². The highest BCUT2D eigenvalue weighted by Crippen LogP contribution is 2.27. The number of nitrogens with one attached hydrogen (secondary N) is 1. The Morgan fingerprint density at radius 2 is 1.80 bits per heavy atom. The molecular weight excluding hydrogens is 318 g/mol. The van der Waals surface area contributed by atoms with Crippen molar-refractivity contribution < 1.29 is 19.0 Å². The molecule has 1 N–H and O–H groups in total. The average molecular weight is 341 g/mol. The van der Waals surface area contributed by atoms with Gasteiger partial charge in [-0.2, -0.15) is 0 Å². The van der Waals surface area contributed by atoms with Crippen LogP contribution in [0.25, 0.3) is 6.08 Å². The summed E-state index contributed by atoms with van der Waals surface area (Å²) in [5.41, 5.74) is 1.79. The van der Waals surface area contributed by atoms with Gasteiger partial charge in [-0.25, -0.2) is 0 Å². The van der Waals surface area contributed by atoms with Crippen LogP contribution in [0.2, 0.25) is 0 Å². The highest BCUT2D eigenvalue weighted by atomic mass is 16.5. The Morgan fingerprint density at radius 3 is 2.52 bits per heavy atom. The third-order valence-electron chi connectivity index (χ3n) is 3.56. The van der Waals surface area contributed by atoms with Crippen molar-refractivity contribution >= 4 is 12.0 Å². The molecule has 0 aliphatic carbocycles. The molecule has 2 aromatic rings. The normalized spacial score (nSPS) is 10.5. The summed E-state index contributed by atoms with van der Waals surface area (Å²) in [4.78, 5) is 12.0. The molecule has 0 spiro atoms. The predicted molar refractivity (Wildman–Crippen MR) is 98.0 cm³/mol. The number of para-hydroxylation sites is 1. The van der Waals surface area contributed by atoms with E-state index in [2.05, 4.69) is 5.32 Å². The highest BCUT2D eigenvalue weighted by Gasteiger charge is 2.05. The van der Waals surface area contributed by atoms with E-state index in [0.717, 1.165) is 16.9 Å². The molecule has 0 saturated heterocycles. The van der Waals surface area contributed by atoms with Crippen molar-refractivity contribution in [3.05, 3.63) is 59.7 Å². The molecule has 25 heavy (non-hydrogen) atoms. The van der Waals surface area contributed by atoms with Crippen molar-refractivity contribution in [3.8, 4) is 17.2 Å². The van der Waals surface area contributed by atoms with Crippen molar-refractivity contribution in [2.45, 2.75) is 13.5 Å². The van der Waals surface area contributed by atoms with E-state index < -0.39 is 0 Å². The van der Waals surface area contributed by atoms with Crippen LogP contribution in [0.4, 0.5) is 0 Å². The van der Waals surface area contributed by atoms with Gasteiger partial charge in [0.05, 0.1) is 20.8 Å². The van der Waals surface area contributed by atoms with Gasteiger partial charge < -0.3 is 19.5 Å². The van der Waals surface area contributed by atoms with Crippen molar-refractivity contribution in [1.29, 1.82) is 0 Å². The molecule has 132 valence electrons. The first-order valence-electron chi connectivity index (χ1n) is 8.06. The molecule has 0 bridgehead atoms. The van der Waals surface area contributed by atoms with E-state index in [1.54, 1.807) is 26.4 Å². The van der Waals surface area contributed by atoms with E-state index in [-0.39, 0.29) is 5.91 Å². The first-order valence-corrected chi connectivity index (χ1v) is 8.06. The quantitative estimate of drug-likeness (QED) is 0.748. The van der Waals surface area contributed by atoms with Crippen molar-refractivity contribution in [2.75, 3.05) is 20.8 Å². The number of carbonyl (C=O) groups is 1. The Kier molecular flexibility index (Phi) is 6.89. The fourth-order valence-corrected chi connectivity index (χ4v) is 2.32. The molecule has 1 amide bonds. The molecule has 5 heteroatoms. The fraction of sp³-hybridized carbons (Fsp3) is 0.250. The van der Waals surface area contributed by atoms with E-state index in [0.29, 0.717) is 24.7 Å². The van der Waals surface area contributed by atoms with Gasteiger partial charge in [0.15, 0.2) is 11.5 Å². The zero-order valence-corrected chi connectivity index (χ0v) is 14.7. The molecule has 2 aromatic carbocycles. The van der Waals surface area contributed by atoms with Gasteiger partial charge in [0.1, 0.15) is 5.75 Å². The van der Waals surface area contributed by atoms with Gasteiger partial charge in [-0.05, 0) is 36.8 Å². The summed E-state index contributed by atoms with van der Waals surface area (Å²) in [5, 5.41) is 2.86. The van der Waals surface area contributed by atoms with Gasteiger partial charge in [-0.3, -0.25) is 4.79 Å². The van der Waals surface area contributed by atoms with Gasteiger partial charge in [-0.1, -0.05) is 24.3 Å². The molecule has 0 atom stereocenters. The Hall–Kier alpha value is -2.95. The van der Waals surface area contributed by atoms with Crippen LogP contribution in [0.1, 0.15) is 18.1 Å². The summed E-state index contributed by atoms with van der Waals surface area (Å²) in [6.45, 7) is 2.93. The van der Waals surface area contributed by atoms with Crippen LogP contribution in [-0.4, -0.2) is 26.7 Å². The van der Waals surface area contributed by atoms with Crippen LogP contribution in [0.15, 0.2) is 48.5 Å². The number of benzene rings is 2. The topological polar surface area (TPSA) is 56.8 Å². The lowest BCUT2D eigenvalue weighted by Gasteiger charge is -2.10. The minimum Gasteiger partial charge on any atom is -0.494 e. The maximum absolute atomic E-state index is 12.0. The Balaban J connectivity index is 1.97. The summed E-state index contributed by atoms with van der Waals surface area (Å²) in [5.74, 6) is 1.88. The van der Waals surface area contributed by atoms with E-state index in [4.69, 9.17) is 14.2 Å². The van der Waals surface area contributed by atoms with E-state index in [1.807, 2.05) is 43.3 Å². The van der Waals surface area contributed by atoms with Crippen molar-refractivity contribution in [2.24, 2.45) is 0 Å². The van der Waals surface area contributed by atoms with Gasteiger partial charge in [0.25, 0.3) is 0 Å². The van der Waals surface area contributed by atoms with Crippen LogP contribution in [0.5, 0.6) is 17.2 Å². The number of hydrogen-bond donors (Lipinski definition) is 1. The molecule has 0 fully saturated rings. The maximum Gasteiger partial charge on any atom is 0.244 e. The molecular formula is C20H23NO4. The van der Waals surface area contributed by atoms with Gasteiger partial charge in [0.2, 0.25) is 5.91 Å². The Labute approximate surface area is 148 Å². The minimum atomic E-state index is -0.180. The molecule has 5 nitrogen and oxygen atoms in total. The third-order valence-corrected chi connectivity index (χ3v) is 3.56. The monoisotopic (exact) mass is 341 g/mol. The molecule has 0 aromatic heterocycles. The lowest BCUT2D eigenvalue weighted by molar-refractivity contribution is -0.116. The molecule has 0 unspecified atom stereocenters. The number of hydrogen-bond acceptors (Lipinski definition) is 4. The lowest BCUT2D eigenvalue weighted by Crippen LogP contribution is -2.20. The lowest BCUT2D eigenvalue weighted by atomic mass is 10.2. The first-order chi connectivity index (χ1) is 12.2. The summed E-state index contributed by atoms with van der Waals surface area (Å²) in [6, 6.07) is 13.1. The average Bonchev–Trinajstić information content (AvgIpc) is 2.65. The number of rotatable bonds is 8. The van der Waals surface area contributed by atoms with Gasteiger partial charge in [-0.15, -0.1) is 0 Å². The summed E-state index contributed by atoms with van der Waals surface area (Å²) >= 11 is 0. The van der Waals surface area contributed by atoms with Gasteiger partial charge in [0, 0.05) is 18.2 Å². The molecule has 0 aliphatic heterocycles. The smallest absolute Gasteiger partial charge is 0.244 e.